The molecule has 2 aliphatic heterocycles. The molecule has 0 saturated carbocycles. The molecule has 0 N–H and O–H groups in total. The molecule has 0 aliphatic carbocycles. The molecule has 1 fully saturated rings. The Bertz CT molecular complexity index is 1240. The summed E-state index contributed by atoms with van der Waals surface area (Å²) in [4.78, 5) is 12.5. The van der Waals surface area contributed by atoms with Gasteiger partial charge < -0.3 is 23.8 Å². The molecule has 2 aromatic carbocycles. The van der Waals surface area contributed by atoms with Crippen molar-refractivity contribution in [3.05, 3.63) is 83.1 Å². The van der Waals surface area contributed by atoms with Gasteiger partial charge in [0, 0.05) is 18.7 Å². The van der Waals surface area contributed by atoms with Crippen molar-refractivity contribution in [2.24, 2.45) is 5.16 Å². The van der Waals surface area contributed by atoms with Gasteiger partial charge in [0.2, 0.25) is 11.6 Å². The van der Waals surface area contributed by atoms with Crippen molar-refractivity contribution < 1.29 is 14.3 Å². The van der Waals surface area contributed by atoms with E-state index >= 15 is 0 Å². The van der Waals surface area contributed by atoms with E-state index in [-0.39, 0.29) is 6.10 Å². The first-order valence-electron chi connectivity index (χ1n) is 11.1. The summed E-state index contributed by atoms with van der Waals surface area (Å²) >= 11 is 0. The molecule has 5 rings (SSSR count). The van der Waals surface area contributed by atoms with Gasteiger partial charge in [-0.1, -0.05) is 41.1 Å². The topological polar surface area (TPSA) is 61.1 Å². The summed E-state index contributed by atoms with van der Waals surface area (Å²) in [5.41, 5.74) is 4.41. The van der Waals surface area contributed by atoms with Gasteiger partial charge in [-0.05, 0) is 44.5 Å². The SMILES string of the molecule is COc1cc(C=C2O[C@H](C)CN3C2=NO[C@]3(C)c2ccc(C)cc2)ccc1-n1cnc(C)c1. The molecule has 2 atom stereocenters. The average molecular weight is 445 g/mol. The Balaban J connectivity index is 1.48. The molecule has 170 valence electrons. The standard InChI is InChI=1S/C26H28N4O3/c1-17-6-9-21(10-7-17)26(4)30-15-19(3)32-24(25(30)28-33-26)13-20-8-11-22(23(12-20)31-5)29-14-18(2)27-16-29/h6-14,16,19H,15H2,1-5H3/t19-,26-/m1/s1. The molecular formula is C26H28N4O3. The van der Waals surface area contributed by atoms with E-state index in [2.05, 4.69) is 60.1 Å². The zero-order valence-corrected chi connectivity index (χ0v) is 19.6. The molecule has 3 aromatic rings. The molecule has 0 spiro atoms. The zero-order valence-electron chi connectivity index (χ0n) is 19.6. The molecule has 7 nitrogen and oxygen atoms in total. The number of methoxy groups -OCH3 is 1. The van der Waals surface area contributed by atoms with Gasteiger partial charge in [0.1, 0.15) is 11.9 Å². The maximum Gasteiger partial charge on any atom is 0.234 e. The number of hydrogen-bond acceptors (Lipinski definition) is 6. The zero-order chi connectivity index (χ0) is 23.2. The molecule has 3 heterocycles. The summed E-state index contributed by atoms with van der Waals surface area (Å²) in [6.45, 7) is 8.83. The lowest BCUT2D eigenvalue weighted by Crippen LogP contribution is -2.51. The minimum absolute atomic E-state index is 0.0169. The highest BCUT2D eigenvalue weighted by atomic mass is 16.7. The third-order valence-corrected chi connectivity index (χ3v) is 6.15. The minimum atomic E-state index is -0.680. The van der Waals surface area contributed by atoms with E-state index in [4.69, 9.17) is 14.3 Å². The van der Waals surface area contributed by atoms with Crippen LogP contribution in [0.25, 0.3) is 11.8 Å². The lowest BCUT2D eigenvalue weighted by Gasteiger charge is -2.39. The van der Waals surface area contributed by atoms with Crippen LogP contribution in [0.3, 0.4) is 0 Å². The van der Waals surface area contributed by atoms with E-state index in [9.17, 15) is 0 Å². The summed E-state index contributed by atoms with van der Waals surface area (Å²) in [5, 5.41) is 4.44. The maximum absolute atomic E-state index is 6.20. The van der Waals surface area contributed by atoms with Crippen LogP contribution < -0.4 is 4.74 Å². The van der Waals surface area contributed by atoms with Crippen LogP contribution in [-0.4, -0.2) is 40.0 Å². The average Bonchev–Trinajstić information content (AvgIpc) is 3.38. The van der Waals surface area contributed by atoms with Gasteiger partial charge in [-0.15, -0.1) is 0 Å². The summed E-state index contributed by atoms with van der Waals surface area (Å²) < 4.78 is 13.8. The van der Waals surface area contributed by atoms with Crippen molar-refractivity contribution in [3.63, 3.8) is 0 Å². The number of nitrogens with zero attached hydrogens (tertiary/aromatic N) is 4. The quantitative estimate of drug-likeness (QED) is 0.580. The van der Waals surface area contributed by atoms with Gasteiger partial charge in [0.15, 0.2) is 5.76 Å². The van der Waals surface area contributed by atoms with Crippen molar-refractivity contribution in [1.29, 1.82) is 0 Å². The van der Waals surface area contributed by atoms with Crippen LogP contribution in [0, 0.1) is 13.8 Å². The van der Waals surface area contributed by atoms with Crippen molar-refractivity contribution >= 4 is 11.9 Å². The van der Waals surface area contributed by atoms with Crippen LogP contribution in [0.2, 0.25) is 0 Å². The molecule has 1 saturated heterocycles. The number of benzene rings is 2. The van der Waals surface area contributed by atoms with E-state index in [0.29, 0.717) is 18.1 Å². The fraction of sp³-hybridized carbons (Fsp3) is 0.308. The molecule has 1 aromatic heterocycles. The van der Waals surface area contributed by atoms with Crippen molar-refractivity contribution in [2.45, 2.75) is 39.5 Å². The number of fused-ring (bicyclic) bond motifs is 1. The van der Waals surface area contributed by atoms with Crippen molar-refractivity contribution in [1.82, 2.24) is 14.5 Å². The largest absolute Gasteiger partial charge is 0.495 e. The van der Waals surface area contributed by atoms with Gasteiger partial charge in [0.25, 0.3) is 0 Å². The summed E-state index contributed by atoms with van der Waals surface area (Å²) in [6, 6.07) is 14.4. The predicted molar refractivity (Wildman–Crippen MR) is 127 cm³/mol. The number of hydrogen-bond donors (Lipinski definition) is 0. The van der Waals surface area contributed by atoms with Gasteiger partial charge in [-0.25, -0.2) is 4.98 Å². The molecule has 33 heavy (non-hydrogen) atoms. The van der Waals surface area contributed by atoms with Crippen molar-refractivity contribution in [2.75, 3.05) is 13.7 Å². The van der Waals surface area contributed by atoms with Crippen LogP contribution in [0.1, 0.15) is 36.2 Å². The normalized spacial score (nSPS) is 23.1. The number of ether oxygens (including phenoxy) is 2. The first-order valence-corrected chi connectivity index (χ1v) is 11.1. The predicted octanol–water partition coefficient (Wildman–Crippen LogP) is 4.78. The Kier molecular flexibility index (Phi) is 5.12. The summed E-state index contributed by atoms with van der Waals surface area (Å²) in [6.07, 6.45) is 5.72. The molecule has 0 amide bonds. The van der Waals surface area contributed by atoms with E-state index in [1.807, 2.05) is 42.0 Å². The Morgan fingerprint density at radius 3 is 2.64 bits per heavy atom. The second kappa shape index (κ2) is 7.99. The van der Waals surface area contributed by atoms with Gasteiger partial charge in [-0.3, -0.25) is 0 Å². The van der Waals surface area contributed by atoms with Gasteiger partial charge >= 0.3 is 0 Å². The lowest BCUT2D eigenvalue weighted by molar-refractivity contribution is -0.104. The lowest BCUT2D eigenvalue weighted by atomic mass is 10.00. The molecular weight excluding hydrogens is 416 g/mol. The van der Waals surface area contributed by atoms with E-state index in [1.165, 1.54) is 5.56 Å². The summed E-state index contributed by atoms with van der Waals surface area (Å²) in [5.74, 6) is 2.12. The van der Waals surface area contributed by atoms with Crippen LogP contribution in [0.15, 0.2) is 65.9 Å². The van der Waals surface area contributed by atoms with Crippen molar-refractivity contribution in [3.8, 4) is 11.4 Å². The Morgan fingerprint density at radius 2 is 1.94 bits per heavy atom. The van der Waals surface area contributed by atoms with E-state index < -0.39 is 5.72 Å². The highest BCUT2D eigenvalue weighted by molar-refractivity contribution is 6.01. The van der Waals surface area contributed by atoms with Gasteiger partial charge in [0.05, 0.1) is 31.4 Å². The number of aromatic nitrogens is 2. The van der Waals surface area contributed by atoms with Gasteiger partial charge in [-0.2, -0.15) is 0 Å². The highest BCUT2D eigenvalue weighted by Gasteiger charge is 2.48. The van der Waals surface area contributed by atoms with E-state index in [1.54, 1.807) is 13.4 Å². The Hall–Kier alpha value is -3.74. The molecule has 2 aliphatic rings. The fourth-order valence-electron chi connectivity index (χ4n) is 4.31. The third-order valence-electron chi connectivity index (χ3n) is 6.15. The number of morpholine rings is 1. The number of amidine groups is 1. The Morgan fingerprint density at radius 1 is 1.15 bits per heavy atom. The molecule has 0 unspecified atom stereocenters. The monoisotopic (exact) mass is 444 g/mol. The number of oxime groups is 1. The molecule has 7 heteroatoms. The first-order chi connectivity index (χ1) is 15.9. The second-order valence-corrected chi connectivity index (χ2v) is 8.76. The van der Waals surface area contributed by atoms with Crippen LogP contribution in [-0.2, 0) is 15.3 Å². The smallest absolute Gasteiger partial charge is 0.234 e. The van der Waals surface area contributed by atoms with E-state index in [0.717, 1.165) is 28.3 Å². The number of rotatable bonds is 4. The maximum atomic E-state index is 6.20. The minimum Gasteiger partial charge on any atom is -0.495 e. The highest BCUT2D eigenvalue weighted by Crippen LogP contribution is 2.40. The fourth-order valence-corrected chi connectivity index (χ4v) is 4.31. The molecule has 0 bridgehead atoms. The van der Waals surface area contributed by atoms with Crippen LogP contribution in [0.4, 0.5) is 0 Å². The number of imidazole rings is 1. The first kappa shape index (κ1) is 21.1. The summed E-state index contributed by atoms with van der Waals surface area (Å²) in [7, 11) is 1.67. The number of aryl methyl sites for hydroxylation is 2. The molecule has 0 radical (unpaired) electrons. The third kappa shape index (κ3) is 3.73. The second-order valence-electron chi connectivity index (χ2n) is 8.76. The van der Waals surface area contributed by atoms with Crippen LogP contribution in [0.5, 0.6) is 5.75 Å². The van der Waals surface area contributed by atoms with Crippen LogP contribution >= 0.6 is 0 Å². The Labute approximate surface area is 193 Å².